The zero-order chi connectivity index (χ0) is 12.0. The highest BCUT2D eigenvalue weighted by molar-refractivity contribution is 7.71. The Labute approximate surface area is 111 Å². The molecule has 7 heteroatoms. The number of aromatic amines is 1. The summed E-state index contributed by atoms with van der Waals surface area (Å²) in [5.74, 6) is 6.35. The first-order valence-electron chi connectivity index (χ1n) is 4.78. The van der Waals surface area contributed by atoms with Gasteiger partial charge in [0.05, 0.1) is 9.90 Å². The number of aromatic nitrogens is 3. The molecule has 0 fully saturated rings. The van der Waals surface area contributed by atoms with Crippen LogP contribution in [0.3, 0.4) is 0 Å². The zero-order valence-electron chi connectivity index (χ0n) is 8.48. The molecular weight excluding hydrogens is 276 g/mol. The molecule has 3 rings (SSSR count). The minimum Gasteiger partial charge on any atom is -0.335 e. The fourth-order valence-electron chi connectivity index (χ4n) is 1.62. The molecule has 0 bridgehead atoms. The van der Waals surface area contributed by atoms with Gasteiger partial charge in [-0.25, -0.2) is 9.77 Å². The van der Waals surface area contributed by atoms with E-state index in [1.54, 1.807) is 11.3 Å². The Morgan fingerprint density at radius 2 is 2.18 bits per heavy atom. The minimum absolute atomic E-state index is 0.369. The van der Waals surface area contributed by atoms with E-state index < -0.39 is 0 Å². The predicted molar refractivity (Wildman–Crippen MR) is 73.4 cm³/mol. The molecule has 0 spiro atoms. The Hall–Kier alpha value is -1.37. The lowest BCUT2D eigenvalue weighted by atomic mass is 10.2. The topological polar surface area (TPSA) is 59.6 Å². The Morgan fingerprint density at radius 1 is 1.41 bits per heavy atom. The van der Waals surface area contributed by atoms with Crippen LogP contribution in [-0.2, 0) is 0 Å². The lowest BCUT2D eigenvalue weighted by Gasteiger charge is -1.96. The number of thiophene rings is 1. The summed E-state index contributed by atoms with van der Waals surface area (Å²) in [5.41, 5.74) is 0. The molecule has 17 heavy (non-hydrogen) atoms. The molecule has 0 atom stereocenters. The number of nitrogens with one attached hydrogen (secondary N) is 1. The van der Waals surface area contributed by atoms with Crippen molar-refractivity contribution in [1.82, 2.24) is 14.9 Å². The largest absolute Gasteiger partial charge is 0.335 e. The number of fused-ring (bicyclic) bond motifs is 1. The molecule has 2 aromatic heterocycles. The van der Waals surface area contributed by atoms with Gasteiger partial charge < -0.3 is 5.84 Å². The molecule has 0 aliphatic carbocycles. The van der Waals surface area contributed by atoms with Gasteiger partial charge in [0.2, 0.25) is 4.77 Å². The van der Waals surface area contributed by atoms with E-state index in [1.807, 2.05) is 24.3 Å². The molecule has 86 valence electrons. The van der Waals surface area contributed by atoms with Crippen molar-refractivity contribution >= 4 is 45.2 Å². The molecule has 4 nitrogen and oxygen atoms in total. The van der Waals surface area contributed by atoms with Gasteiger partial charge >= 0.3 is 0 Å². The first-order chi connectivity index (χ1) is 8.18. The third-order valence-electron chi connectivity index (χ3n) is 2.44. The van der Waals surface area contributed by atoms with Crippen molar-refractivity contribution in [3.05, 3.63) is 34.1 Å². The van der Waals surface area contributed by atoms with Gasteiger partial charge in [-0.2, -0.15) is 5.10 Å². The molecule has 0 radical (unpaired) electrons. The number of nitrogen functional groups attached to an aromatic ring is 1. The Bertz CT molecular complexity index is 755. The first kappa shape index (κ1) is 10.8. The number of nitrogens with two attached hydrogens (primary N) is 1. The van der Waals surface area contributed by atoms with Crippen molar-refractivity contribution in [2.45, 2.75) is 0 Å². The third kappa shape index (κ3) is 1.56. The van der Waals surface area contributed by atoms with E-state index in [1.165, 1.54) is 4.68 Å². The standard InChI is InChI=1S/C10H7ClN4S2/c11-7-5-3-1-2-4-6(5)17-8(7)9-13-14-10(16)15(9)12/h1-4H,12H2,(H,14,16). The number of benzene rings is 1. The van der Waals surface area contributed by atoms with E-state index in [2.05, 4.69) is 10.2 Å². The van der Waals surface area contributed by atoms with Crippen LogP contribution in [0.15, 0.2) is 24.3 Å². The summed E-state index contributed by atoms with van der Waals surface area (Å²) in [6.45, 7) is 0. The molecule has 2 heterocycles. The van der Waals surface area contributed by atoms with Crippen molar-refractivity contribution < 1.29 is 0 Å². The van der Waals surface area contributed by atoms with Crippen LogP contribution < -0.4 is 5.84 Å². The fraction of sp³-hybridized carbons (Fsp3) is 0. The minimum atomic E-state index is 0.369. The van der Waals surface area contributed by atoms with Crippen LogP contribution in [-0.4, -0.2) is 14.9 Å². The summed E-state index contributed by atoms with van der Waals surface area (Å²) < 4.78 is 2.79. The second-order valence-electron chi connectivity index (χ2n) is 3.46. The van der Waals surface area contributed by atoms with Crippen LogP contribution in [0.4, 0.5) is 0 Å². The van der Waals surface area contributed by atoms with Crippen molar-refractivity contribution in [1.29, 1.82) is 0 Å². The van der Waals surface area contributed by atoms with E-state index in [9.17, 15) is 0 Å². The average molecular weight is 283 g/mol. The summed E-state index contributed by atoms with van der Waals surface area (Å²) in [5, 5.41) is 8.40. The van der Waals surface area contributed by atoms with Crippen LogP contribution in [0.1, 0.15) is 0 Å². The monoisotopic (exact) mass is 282 g/mol. The Balaban J connectivity index is 2.35. The van der Waals surface area contributed by atoms with Gasteiger partial charge in [0, 0.05) is 10.1 Å². The summed E-state index contributed by atoms with van der Waals surface area (Å²) in [7, 11) is 0. The zero-order valence-corrected chi connectivity index (χ0v) is 10.9. The molecule has 3 aromatic rings. The fourth-order valence-corrected chi connectivity index (χ4v) is 3.26. The van der Waals surface area contributed by atoms with E-state index in [4.69, 9.17) is 29.7 Å². The molecule has 3 N–H and O–H groups in total. The molecule has 0 amide bonds. The lowest BCUT2D eigenvalue weighted by molar-refractivity contribution is 0.986. The summed E-state index contributed by atoms with van der Waals surface area (Å²) in [6.07, 6.45) is 0. The summed E-state index contributed by atoms with van der Waals surface area (Å²) in [4.78, 5) is 0.822. The van der Waals surface area contributed by atoms with Crippen molar-refractivity contribution in [2.75, 3.05) is 5.84 Å². The van der Waals surface area contributed by atoms with Gasteiger partial charge in [0.15, 0.2) is 5.82 Å². The second-order valence-corrected chi connectivity index (χ2v) is 5.28. The number of hydrogen-bond acceptors (Lipinski definition) is 4. The van der Waals surface area contributed by atoms with Crippen molar-refractivity contribution in [2.24, 2.45) is 0 Å². The second kappa shape index (κ2) is 3.83. The van der Waals surface area contributed by atoms with Gasteiger partial charge in [-0.15, -0.1) is 11.3 Å². The molecule has 0 saturated carbocycles. The molecule has 0 saturated heterocycles. The predicted octanol–water partition coefficient (Wildman–Crippen LogP) is 3.19. The van der Waals surface area contributed by atoms with Gasteiger partial charge in [-0.3, -0.25) is 0 Å². The van der Waals surface area contributed by atoms with Crippen molar-refractivity contribution in [3.8, 4) is 10.7 Å². The SMILES string of the molecule is Nn1c(-c2sc3ccccc3c2Cl)n[nH]c1=S. The average Bonchev–Trinajstić information content (AvgIpc) is 2.83. The smallest absolute Gasteiger partial charge is 0.214 e. The number of rotatable bonds is 1. The summed E-state index contributed by atoms with van der Waals surface area (Å²) in [6, 6.07) is 7.90. The number of hydrogen-bond donors (Lipinski definition) is 2. The highest BCUT2D eigenvalue weighted by Gasteiger charge is 2.16. The maximum absolute atomic E-state index is 6.33. The summed E-state index contributed by atoms with van der Waals surface area (Å²) >= 11 is 12.8. The highest BCUT2D eigenvalue weighted by atomic mass is 35.5. The Morgan fingerprint density at radius 3 is 2.82 bits per heavy atom. The van der Waals surface area contributed by atoms with Crippen LogP contribution in [0.5, 0.6) is 0 Å². The molecule has 0 aliphatic rings. The van der Waals surface area contributed by atoms with Gasteiger partial charge in [-0.1, -0.05) is 29.8 Å². The first-order valence-corrected chi connectivity index (χ1v) is 6.38. The highest BCUT2D eigenvalue weighted by Crippen LogP contribution is 2.40. The van der Waals surface area contributed by atoms with Gasteiger partial charge in [0.25, 0.3) is 0 Å². The van der Waals surface area contributed by atoms with E-state index in [0.29, 0.717) is 15.6 Å². The van der Waals surface area contributed by atoms with E-state index in [-0.39, 0.29) is 0 Å². The quantitative estimate of drug-likeness (QED) is 0.532. The normalized spacial score (nSPS) is 11.1. The van der Waals surface area contributed by atoms with E-state index >= 15 is 0 Å². The van der Waals surface area contributed by atoms with Crippen LogP contribution in [0.25, 0.3) is 20.8 Å². The molecule has 1 aromatic carbocycles. The van der Waals surface area contributed by atoms with E-state index in [0.717, 1.165) is 15.0 Å². The van der Waals surface area contributed by atoms with Crippen LogP contribution in [0, 0.1) is 4.77 Å². The third-order valence-corrected chi connectivity index (χ3v) is 4.40. The van der Waals surface area contributed by atoms with Crippen molar-refractivity contribution in [3.63, 3.8) is 0 Å². The number of H-pyrrole nitrogens is 1. The Kier molecular flexibility index (Phi) is 2.43. The molecule has 0 unspecified atom stereocenters. The van der Waals surface area contributed by atoms with Gasteiger partial charge in [0.1, 0.15) is 0 Å². The molecule has 0 aliphatic heterocycles. The maximum Gasteiger partial charge on any atom is 0.214 e. The lowest BCUT2D eigenvalue weighted by Crippen LogP contribution is -2.09. The number of nitrogens with zero attached hydrogens (tertiary/aromatic N) is 2. The van der Waals surface area contributed by atoms with Crippen LogP contribution >= 0.6 is 35.2 Å². The van der Waals surface area contributed by atoms with Crippen LogP contribution in [0.2, 0.25) is 5.02 Å². The molecular formula is C10H7ClN4S2. The number of halogens is 1. The maximum atomic E-state index is 6.33. The van der Waals surface area contributed by atoms with Gasteiger partial charge in [-0.05, 0) is 18.3 Å².